The molecule has 1 aliphatic carbocycles. The fraction of sp³-hybridized carbons (Fsp3) is 0.435. The average molecular weight is 515 g/mol. The first-order valence-electron chi connectivity index (χ1n) is 9.98. The lowest BCUT2D eigenvalue weighted by molar-refractivity contribution is -0.140. The van der Waals surface area contributed by atoms with E-state index in [1.54, 1.807) is 6.08 Å². The van der Waals surface area contributed by atoms with Gasteiger partial charge in [0.2, 0.25) is 5.76 Å². The van der Waals surface area contributed by atoms with Gasteiger partial charge >= 0.3 is 13.8 Å². The molecule has 0 bridgehead atoms. The molecule has 0 spiro atoms. The van der Waals surface area contributed by atoms with E-state index in [2.05, 4.69) is 53.4 Å². The smallest absolute Gasteiger partial charge is 0.456 e. The van der Waals surface area contributed by atoms with Gasteiger partial charge in [0.1, 0.15) is 6.61 Å². The Kier molecular flexibility index (Phi) is 10.9. The van der Waals surface area contributed by atoms with Crippen molar-refractivity contribution >= 4 is 29.7 Å². The van der Waals surface area contributed by atoms with Crippen LogP contribution in [0.4, 0.5) is 0 Å². The number of carbonyl (C=O) groups excluding carboxylic acids is 1. The Balaban J connectivity index is 2.63. The van der Waals surface area contributed by atoms with E-state index < -0.39 is 19.6 Å². The van der Waals surface area contributed by atoms with Gasteiger partial charge in [-0.3, -0.25) is 9.79 Å². The number of esters is 1. The van der Waals surface area contributed by atoms with E-state index in [4.69, 9.17) is 14.5 Å². The lowest BCUT2D eigenvalue weighted by Gasteiger charge is -2.32. The number of halogens is 1. The summed E-state index contributed by atoms with van der Waals surface area (Å²) in [5, 5.41) is 0. The minimum atomic E-state index is -4.83. The summed E-state index contributed by atoms with van der Waals surface area (Å²) in [6, 6.07) is 0. The fourth-order valence-corrected chi connectivity index (χ4v) is 4.06. The molecule has 0 amide bonds. The minimum absolute atomic E-state index is 0.0605. The Bertz CT molecular complexity index is 884. The molecule has 0 saturated carbocycles. The zero-order valence-corrected chi connectivity index (χ0v) is 21.2. The molecule has 172 valence electrons. The SMILES string of the molecule is CC1=C(/C=C/C(C)=C/C=C/C(C)=C/COC(=O)/C(=C\Br)OP(=O)(O)O)C(C)(C)CCC1. The van der Waals surface area contributed by atoms with Crippen LogP contribution in [0.5, 0.6) is 0 Å². The number of phosphoric acid groups is 1. The first-order chi connectivity index (χ1) is 14.4. The monoisotopic (exact) mass is 514 g/mol. The molecule has 0 aromatic rings. The van der Waals surface area contributed by atoms with E-state index in [1.165, 1.54) is 30.4 Å². The highest BCUT2D eigenvalue weighted by molar-refractivity contribution is 9.11. The Morgan fingerprint density at radius 1 is 1.23 bits per heavy atom. The first-order valence-corrected chi connectivity index (χ1v) is 12.4. The number of hydrogen-bond acceptors (Lipinski definition) is 4. The number of allylic oxidation sites excluding steroid dienone is 9. The molecule has 0 atom stereocenters. The topological polar surface area (TPSA) is 93.1 Å². The van der Waals surface area contributed by atoms with Crippen molar-refractivity contribution in [1.82, 2.24) is 0 Å². The molecule has 0 radical (unpaired) electrons. The molecule has 2 N–H and O–H groups in total. The lowest BCUT2D eigenvalue weighted by Crippen LogP contribution is -2.19. The molecule has 0 heterocycles. The maximum Gasteiger partial charge on any atom is 0.525 e. The van der Waals surface area contributed by atoms with Gasteiger partial charge < -0.3 is 9.26 Å². The summed E-state index contributed by atoms with van der Waals surface area (Å²) in [6.45, 7) is 10.6. The third-order valence-corrected chi connectivity index (χ3v) is 5.76. The summed E-state index contributed by atoms with van der Waals surface area (Å²) < 4.78 is 20.0. The van der Waals surface area contributed by atoms with Crippen LogP contribution < -0.4 is 0 Å². The minimum Gasteiger partial charge on any atom is -0.456 e. The predicted molar refractivity (Wildman–Crippen MR) is 127 cm³/mol. The van der Waals surface area contributed by atoms with Crippen molar-refractivity contribution in [1.29, 1.82) is 0 Å². The summed E-state index contributed by atoms with van der Waals surface area (Å²) in [7, 11) is -4.83. The van der Waals surface area contributed by atoms with Crippen molar-refractivity contribution in [3.8, 4) is 0 Å². The number of phosphoric ester groups is 1. The molecular formula is C23H32BrO6P. The van der Waals surface area contributed by atoms with E-state index >= 15 is 0 Å². The van der Waals surface area contributed by atoms with Crippen molar-refractivity contribution in [2.24, 2.45) is 5.41 Å². The van der Waals surface area contributed by atoms with Gasteiger partial charge in [0.15, 0.2) is 0 Å². The molecule has 8 heteroatoms. The molecule has 0 aromatic heterocycles. The molecule has 1 aliphatic rings. The standard InChI is InChI=1S/C23H32BrO6P/c1-17(11-12-20-19(3)10-7-14-23(20,4)5)8-6-9-18(2)13-15-29-22(25)21(16-24)30-31(26,27)28/h6,8-9,11-13,16H,7,10,14-15H2,1-5H3,(H2,26,27,28)/b9-6+,12-11+,17-8+,18-13+,21-16+. The molecule has 31 heavy (non-hydrogen) atoms. The maximum atomic E-state index is 11.8. The van der Waals surface area contributed by atoms with Crippen molar-refractivity contribution in [2.75, 3.05) is 6.61 Å². The highest BCUT2D eigenvalue weighted by Crippen LogP contribution is 2.41. The van der Waals surface area contributed by atoms with Crippen LogP contribution in [-0.2, 0) is 18.6 Å². The van der Waals surface area contributed by atoms with Gasteiger partial charge in [-0.05, 0) is 57.1 Å². The average Bonchev–Trinajstić information content (AvgIpc) is 2.64. The highest BCUT2D eigenvalue weighted by atomic mass is 79.9. The summed E-state index contributed by atoms with van der Waals surface area (Å²) in [5.74, 6) is -1.59. The van der Waals surface area contributed by atoms with E-state index in [0.29, 0.717) is 0 Å². The lowest BCUT2D eigenvalue weighted by atomic mass is 9.72. The van der Waals surface area contributed by atoms with Crippen molar-refractivity contribution < 1.29 is 28.4 Å². The predicted octanol–water partition coefficient (Wildman–Crippen LogP) is 6.41. The Morgan fingerprint density at radius 2 is 1.90 bits per heavy atom. The number of hydrogen-bond donors (Lipinski definition) is 2. The molecule has 6 nitrogen and oxygen atoms in total. The van der Waals surface area contributed by atoms with Gasteiger partial charge in [0.25, 0.3) is 0 Å². The maximum absolute atomic E-state index is 11.8. The molecule has 0 fully saturated rings. The van der Waals surface area contributed by atoms with Crippen LogP contribution in [0.2, 0.25) is 0 Å². The van der Waals surface area contributed by atoms with Gasteiger partial charge in [-0.1, -0.05) is 76.9 Å². The molecule has 0 unspecified atom stereocenters. The fourth-order valence-electron chi connectivity index (χ4n) is 3.25. The van der Waals surface area contributed by atoms with Crippen LogP contribution in [0, 0.1) is 5.41 Å². The van der Waals surface area contributed by atoms with Gasteiger partial charge in [-0.15, -0.1) is 0 Å². The largest absolute Gasteiger partial charge is 0.525 e. The van der Waals surface area contributed by atoms with Gasteiger partial charge in [0.05, 0.1) is 0 Å². The van der Waals surface area contributed by atoms with Crippen LogP contribution in [0.1, 0.15) is 53.9 Å². The summed E-state index contributed by atoms with van der Waals surface area (Å²) >= 11 is 2.81. The zero-order valence-electron chi connectivity index (χ0n) is 18.7. The molecule has 0 aromatic carbocycles. The molecule has 1 rings (SSSR count). The molecule has 0 aliphatic heterocycles. The van der Waals surface area contributed by atoms with Crippen molar-refractivity contribution in [3.05, 3.63) is 69.5 Å². The quantitative estimate of drug-likeness (QED) is 0.121. The van der Waals surface area contributed by atoms with E-state index in [-0.39, 0.29) is 12.0 Å². The van der Waals surface area contributed by atoms with E-state index in [1.807, 2.05) is 32.1 Å². The summed E-state index contributed by atoms with van der Waals surface area (Å²) in [5.41, 5.74) is 5.10. The summed E-state index contributed by atoms with van der Waals surface area (Å²) in [4.78, 5) is 30.2. The number of carbonyl (C=O) groups is 1. The third-order valence-electron chi connectivity index (χ3n) is 4.91. The zero-order chi connectivity index (χ0) is 23.7. The number of rotatable bonds is 9. The Hall–Kier alpha value is -1.66. The Morgan fingerprint density at radius 3 is 2.48 bits per heavy atom. The van der Waals surface area contributed by atoms with E-state index in [0.717, 1.165) is 16.1 Å². The van der Waals surface area contributed by atoms with Gasteiger partial charge in [-0.25, -0.2) is 9.36 Å². The first kappa shape index (κ1) is 27.4. The second kappa shape index (κ2) is 12.4. The Labute approximate surface area is 193 Å². The van der Waals surface area contributed by atoms with Crippen molar-refractivity contribution in [3.63, 3.8) is 0 Å². The number of ether oxygens (including phenoxy) is 1. The van der Waals surface area contributed by atoms with Crippen LogP contribution in [0.15, 0.2) is 69.5 Å². The molecule has 0 saturated heterocycles. The van der Waals surface area contributed by atoms with Crippen molar-refractivity contribution in [2.45, 2.75) is 53.9 Å². The second-order valence-corrected chi connectivity index (χ2v) is 9.76. The van der Waals surface area contributed by atoms with E-state index in [9.17, 15) is 9.36 Å². The summed E-state index contributed by atoms with van der Waals surface area (Å²) in [6.07, 6.45) is 15.5. The molecular weight excluding hydrogens is 483 g/mol. The van der Waals surface area contributed by atoms with Gasteiger partial charge in [-0.2, -0.15) is 0 Å². The van der Waals surface area contributed by atoms with Crippen LogP contribution >= 0.6 is 23.8 Å². The highest BCUT2D eigenvalue weighted by Gasteiger charge is 2.26. The van der Waals surface area contributed by atoms with Crippen LogP contribution in [0.3, 0.4) is 0 Å². The normalized spacial score (nSPS) is 18.8. The van der Waals surface area contributed by atoms with Crippen LogP contribution in [0.25, 0.3) is 0 Å². The van der Waals surface area contributed by atoms with Crippen LogP contribution in [-0.4, -0.2) is 22.4 Å². The van der Waals surface area contributed by atoms with Gasteiger partial charge in [0, 0.05) is 4.99 Å². The third kappa shape index (κ3) is 10.5. The second-order valence-electron chi connectivity index (χ2n) is 8.14.